The Morgan fingerprint density at radius 3 is 1.89 bits per heavy atom. The molecule has 0 amide bonds. The summed E-state index contributed by atoms with van der Waals surface area (Å²) in [5.41, 5.74) is 1.55. The Morgan fingerprint density at radius 1 is 1.22 bits per heavy atom. The largest absolute Gasteiger partial charge is 0.107 e. The minimum absolute atomic E-state index is 0. The van der Waals surface area contributed by atoms with Crippen molar-refractivity contribution >= 4 is 15.7 Å². The van der Waals surface area contributed by atoms with Crippen molar-refractivity contribution in [3.63, 3.8) is 0 Å². The van der Waals surface area contributed by atoms with Gasteiger partial charge < -0.3 is 0 Å². The Balaban J connectivity index is 0.000000640. The summed E-state index contributed by atoms with van der Waals surface area (Å²) in [7, 11) is 2.61. The molecule has 0 nitrogen and oxygen atoms in total. The molecule has 0 aliphatic rings. The minimum Gasteiger partial charge on any atom is -0.107 e. The third-order valence-corrected chi connectivity index (χ3v) is 5.34. The fraction of sp³-hybridized carbons (Fsp3) is 0.500. The van der Waals surface area contributed by atoms with Crippen LogP contribution < -0.4 is 0 Å². The standard InChI is InChI=1S/C6H10P2.Zr/c1-4-5(2)7-8-6(4)3;/h7H,1-3H3;. The molecular weight excluding hydrogens is 225 g/mol. The van der Waals surface area contributed by atoms with Gasteiger partial charge in [-0.05, 0) is 36.9 Å². The molecular formula is C6H10P2Zr. The number of hydrogen-bond acceptors (Lipinski definition) is 0. The van der Waals surface area contributed by atoms with E-state index in [0.29, 0.717) is 0 Å². The molecule has 0 radical (unpaired) electrons. The van der Waals surface area contributed by atoms with E-state index in [1.165, 1.54) is 0 Å². The van der Waals surface area contributed by atoms with Crippen LogP contribution >= 0.6 is 15.7 Å². The van der Waals surface area contributed by atoms with E-state index in [1.54, 1.807) is 24.0 Å². The van der Waals surface area contributed by atoms with E-state index >= 15 is 0 Å². The Morgan fingerprint density at radius 2 is 1.78 bits per heavy atom. The third-order valence-electron chi connectivity index (χ3n) is 1.50. The predicted octanol–water partition coefficient (Wildman–Crippen LogP) is 3.22. The molecule has 9 heavy (non-hydrogen) atoms. The van der Waals surface area contributed by atoms with E-state index < -0.39 is 0 Å². The first-order chi connectivity index (χ1) is 3.72. The molecule has 0 saturated heterocycles. The zero-order chi connectivity index (χ0) is 6.15. The molecule has 1 atom stereocenters. The Labute approximate surface area is 78.6 Å². The van der Waals surface area contributed by atoms with Crippen LogP contribution in [0, 0.1) is 20.8 Å². The maximum absolute atomic E-state index is 2.23. The maximum atomic E-state index is 2.23. The molecule has 48 valence electrons. The summed E-state index contributed by atoms with van der Waals surface area (Å²) >= 11 is 0. The van der Waals surface area contributed by atoms with Crippen LogP contribution in [-0.2, 0) is 26.2 Å². The SMILES string of the molecule is Cc1p[pH]c(C)c1C.[Zr]. The van der Waals surface area contributed by atoms with Gasteiger partial charge in [-0.1, -0.05) is 7.87 Å². The predicted molar refractivity (Wildman–Crippen MR) is 42.7 cm³/mol. The first kappa shape index (κ1) is 10.1. The molecule has 1 aromatic heterocycles. The first-order valence-electron chi connectivity index (χ1n) is 2.70. The normalized spacial score (nSPS) is 10.6. The molecule has 0 aliphatic carbocycles. The zero-order valence-electron chi connectivity index (χ0n) is 5.95. The molecule has 0 spiro atoms. The second kappa shape index (κ2) is 4.07. The molecule has 1 aromatic rings. The van der Waals surface area contributed by atoms with Crippen LogP contribution in [0.4, 0.5) is 0 Å². The van der Waals surface area contributed by atoms with Crippen LogP contribution in [0.1, 0.15) is 16.2 Å². The summed E-state index contributed by atoms with van der Waals surface area (Å²) in [6.07, 6.45) is 0. The van der Waals surface area contributed by atoms with E-state index in [9.17, 15) is 0 Å². The van der Waals surface area contributed by atoms with Crippen LogP contribution in [0.15, 0.2) is 0 Å². The van der Waals surface area contributed by atoms with Gasteiger partial charge in [0.2, 0.25) is 0 Å². The van der Waals surface area contributed by atoms with Crippen LogP contribution in [0.25, 0.3) is 0 Å². The number of aryl methyl sites for hydroxylation is 2. The van der Waals surface area contributed by atoms with E-state index in [-0.39, 0.29) is 26.2 Å². The van der Waals surface area contributed by atoms with Crippen molar-refractivity contribution < 1.29 is 26.2 Å². The molecule has 0 N–H and O–H groups in total. The van der Waals surface area contributed by atoms with Gasteiger partial charge in [-0.15, -0.1) is 7.87 Å². The average molecular weight is 235 g/mol. The van der Waals surface area contributed by atoms with Gasteiger partial charge in [0.1, 0.15) is 0 Å². The zero-order valence-corrected chi connectivity index (χ0v) is 10.3. The molecule has 1 rings (SSSR count). The maximum Gasteiger partial charge on any atom is 0 e. The second-order valence-corrected chi connectivity index (χ2v) is 5.27. The summed E-state index contributed by atoms with van der Waals surface area (Å²) in [6, 6.07) is 0. The number of rotatable bonds is 0. The molecule has 1 heterocycles. The van der Waals surface area contributed by atoms with Gasteiger partial charge in [0, 0.05) is 26.2 Å². The fourth-order valence-electron chi connectivity index (χ4n) is 0.607. The van der Waals surface area contributed by atoms with Gasteiger partial charge in [0.05, 0.1) is 0 Å². The van der Waals surface area contributed by atoms with E-state index in [1.807, 2.05) is 0 Å². The molecule has 1 unspecified atom stereocenters. The number of hydrogen-bond donors (Lipinski definition) is 0. The summed E-state index contributed by atoms with van der Waals surface area (Å²) in [6.45, 7) is 6.68. The minimum atomic E-state index is 0. The van der Waals surface area contributed by atoms with Crippen LogP contribution in [0.3, 0.4) is 0 Å². The van der Waals surface area contributed by atoms with Gasteiger partial charge >= 0.3 is 0 Å². The van der Waals surface area contributed by atoms with Crippen molar-refractivity contribution in [1.29, 1.82) is 0 Å². The Kier molecular flexibility index (Phi) is 4.57. The van der Waals surface area contributed by atoms with Gasteiger partial charge in [-0.3, -0.25) is 0 Å². The molecule has 0 aliphatic heterocycles. The third kappa shape index (κ3) is 2.30. The van der Waals surface area contributed by atoms with Crippen LogP contribution in [-0.4, -0.2) is 0 Å². The van der Waals surface area contributed by atoms with Crippen molar-refractivity contribution in [2.45, 2.75) is 20.8 Å². The van der Waals surface area contributed by atoms with Gasteiger partial charge in [-0.2, -0.15) is 0 Å². The topological polar surface area (TPSA) is 0 Å². The molecule has 0 saturated carbocycles. The monoisotopic (exact) mass is 234 g/mol. The van der Waals surface area contributed by atoms with Gasteiger partial charge in [0.15, 0.2) is 0 Å². The molecule has 0 bridgehead atoms. The van der Waals surface area contributed by atoms with Crippen LogP contribution in [0.5, 0.6) is 0 Å². The van der Waals surface area contributed by atoms with E-state index in [2.05, 4.69) is 20.8 Å². The van der Waals surface area contributed by atoms with Crippen molar-refractivity contribution in [2.24, 2.45) is 0 Å². The van der Waals surface area contributed by atoms with Crippen molar-refractivity contribution in [2.75, 3.05) is 0 Å². The smallest absolute Gasteiger partial charge is 0 e. The Hall–Kier alpha value is 1.09. The summed E-state index contributed by atoms with van der Waals surface area (Å²) in [5.74, 6) is 0. The Bertz CT molecular complexity index is 173. The molecule has 3 heteroatoms. The van der Waals surface area contributed by atoms with Crippen molar-refractivity contribution in [1.82, 2.24) is 0 Å². The molecule has 0 aromatic carbocycles. The van der Waals surface area contributed by atoms with Gasteiger partial charge in [0.25, 0.3) is 0 Å². The van der Waals surface area contributed by atoms with Crippen molar-refractivity contribution in [3.8, 4) is 0 Å². The summed E-state index contributed by atoms with van der Waals surface area (Å²) < 4.78 is 0. The summed E-state index contributed by atoms with van der Waals surface area (Å²) in [5, 5.41) is 3.17. The molecule has 0 fully saturated rings. The van der Waals surface area contributed by atoms with E-state index in [4.69, 9.17) is 0 Å². The first-order valence-corrected chi connectivity index (χ1v) is 5.43. The fourth-order valence-corrected chi connectivity index (χ4v) is 3.75. The quantitative estimate of drug-likeness (QED) is 0.647. The van der Waals surface area contributed by atoms with Crippen LogP contribution in [0.2, 0.25) is 0 Å². The summed E-state index contributed by atoms with van der Waals surface area (Å²) in [4.78, 5) is 0. The van der Waals surface area contributed by atoms with Crippen molar-refractivity contribution in [3.05, 3.63) is 16.2 Å². The van der Waals surface area contributed by atoms with Gasteiger partial charge in [-0.25, -0.2) is 0 Å². The van der Waals surface area contributed by atoms with E-state index in [0.717, 1.165) is 7.87 Å². The average Bonchev–Trinajstić information content (AvgIpc) is 1.98. The second-order valence-electron chi connectivity index (χ2n) is 2.06.